The summed E-state index contributed by atoms with van der Waals surface area (Å²) in [5, 5.41) is 3.38. The summed E-state index contributed by atoms with van der Waals surface area (Å²) < 4.78 is 12.9. The van der Waals surface area contributed by atoms with Crippen molar-refractivity contribution in [1.29, 1.82) is 0 Å². The van der Waals surface area contributed by atoms with Crippen molar-refractivity contribution in [2.24, 2.45) is 0 Å². The van der Waals surface area contributed by atoms with Crippen molar-refractivity contribution in [3.05, 3.63) is 35.6 Å². The number of rotatable bonds is 6. The quantitative estimate of drug-likeness (QED) is 0.749. The van der Waals surface area contributed by atoms with Gasteiger partial charge in [-0.1, -0.05) is 12.1 Å². The van der Waals surface area contributed by atoms with Crippen LogP contribution in [-0.4, -0.2) is 18.6 Å². The Bertz CT molecular complexity index is 291. The first-order valence-corrected chi connectivity index (χ1v) is 6.61. The summed E-state index contributed by atoms with van der Waals surface area (Å²) in [5.74, 6) is 1.01. The summed E-state index contributed by atoms with van der Waals surface area (Å²) in [4.78, 5) is 0. The van der Waals surface area contributed by atoms with Gasteiger partial charge in [-0.05, 0) is 49.6 Å². The van der Waals surface area contributed by atoms with Crippen molar-refractivity contribution in [3.63, 3.8) is 0 Å². The Hall–Kier alpha value is -0.540. The van der Waals surface area contributed by atoms with E-state index in [0.717, 1.165) is 18.5 Å². The highest BCUT2D eigenvalue weighted by Crippen LogP contribution is 2.13. The minimum atomic E-state index is -0.162. The summed E-state index contributed by atoms with van der Waals surface area (Å²) in [6.45, 7) is 3.05. The van der Waals surface area contributed by atoms with Gasteiger partial charge in [-0.2, -0.15) is 11.8 Å². The van der Waals surface area contributed by atoms with Crippen LogP contribution < -0.4 is 5.32 Å². The molecular weight excluding hydrogens is 209 g/mol. The fourth-order valence-electron chi connectivity index (χ4n) is 1.43. The van der Waals surface area contributed by atoms with E-state index in [1.54, 1.807) is 12.1 Å². The molecule has 1 aromatic rings. The zero-order valence-electron chi connectivity index (χ0n) is 9.29. The molecule has 0 spiro atoms. The summed E-state index contributed by atoms with van der Waals surface area (Å²) in [6.07, 6.45) is 3.26. The molecular formula is C12H18FNS. The van der Waals surface area contributed by atoms with E-state index in [1.165, 1.54) is 11.8 Å². The van der Waals surface area contributed by atoms with Crippen LogP contribution in [-0.2, 0) is 0 Å². The van der Waals surface area contributed by atoms with Crippen molar-refractivity contribution in [1.82, 2.24) is 5.32 Å². The maximum atomic E-state index is 12.9. The van der Waals surface area contributed by atoms with Gasteiger partial charge in [0.25, 0.3) is 0 Å². The van der Waals surface area contributed by atoms with Crippen LogP contribution >= 0.6 is 11.8 Å². The van der Waals surface area contributed by atoms with Crippen molar-refractivity contribution >= 4 is 11.8 Å². The molecule has 15 heavy (non-hydrogen) atoms. The standard InChI is InChI=1S/C12H18FNS/c1-10(14-7-4-8-15-2)11-5-3-6-12(13)9-11/h3,5-6,9-10,14H,4,7-8H2,1-2H3/t10-/m1/s1. The predicted octanol–water partition coefficient (Wildman–Crippen LogP) is 3.23. The molecule has 1 atom stereocenters. The molecule has 0 heterocycles. The highest BCUT2D eigenvalue weighted by Gasteiger charge is 2.04. The third-order valence-electron chi connectivity index (χ3n) is 2.32. The van der Waals surface area contributed by atoms with E-state index in [9.17, 15) is 4.39 Å². The van der Waals surface area contributed by atoms with Gasteiger partial charge in [-0.15, -0.1) is 0 Å². The lowest BCUT2D eigenvalue weighted by molar-refractivity contribution is 0.564. The average molecular weight is 227 g/mol. The molecule has 0 saturated carbocycles. The maximum Gasteiger partial charge on any atom is 0.123 e. The van der Waals surface area contributed by atoms with Gasteiger partial charge in [-0.3, -0.25) is 0 Å². The second kappa shape index (κ2) is 6.85. The molecule has 0 aliphatic heterocycles. The van der Waals surface area contributed by atoms with Crippen LogP contribution in [0.4, 0.5) is 4.39 Å². The van der Waals surface area contributed by atoms with Crippen LogP contribution in [0.1, 0.15) is 24.9 Å². The minimum absolute atomic E-state index is 0.162. The highest BCUT2D eigenvalue weighted by atomic mass is 32.2. The zero-order valence-corrected chi connectivity index (χ0v) is 10.1. The second-order valence-electron chi connectivity index (χ2n) is 3.58. The smallest absolute Gasteiger partial charge is 0.123 e. The van der Waals surface area contributed by atoms with E-state index in [-0.39, 0.29) is 11.9 Å². The molecule has 0 aromatic heterocycles. The van der Waals surface area contributed by atoms with Crippen molar-refractivity contribution in [2.45, 2.75) is 19.4 Å². The first-order valence-electron chi connectivity index (χ1n) is 5.22. The molecule has 0 saturated heterocycles. The lowest BCUT2D eigenvalue weighted by atomic mass is 10.1. The van der Waals surface area contributed by atoms with Gasteiger partial charge in [0.05, 0.1) is 0 Å². The van der Waals surface area contributed by atoms with Gasteiger partial charge in [-0.25, -0.2) is 4.39 Å². The van der Waals surface area contributed by atoms with Crippen molar-refractivity contribution < 1.29 is 4.39 Å². The maximum absolute atomic E-state index is 12.9. The monoisotopic (exact) mass is 227 g/mol. The molecule has 1 nitrogen and oxygen atoms in total. The van der Waals surface area contributed by atoms with E-state index in [4.69, 9.17) is 0 Å². The van der Waals surface area contributed by atoms with E-state index in [2.05, 4.69) is 18.5 Å². The third kappa shape index (κ3) is 4.67. The SMILES string of the molecule is CSCCCN[C@H](C)c1cccc(F)c1. The Morgan fingerprint density at radius 2 is 2.27 bits per heavy atom. The lowest BCUT2D eigenvalue weighted by Crippen LogP contribution is -2.20. The Balaban J connectivity index is 2.36. The van der Waals surface area contributed by atoms with Crippen LogP contribution in [0.25, 0.3) is 0 Å². The summed E-state index contributed by atoms with van der Waals surface area (Å²) in [6, 6.07) is 7.00. The molecule has 1 N–H and O–H groups in total. The third-order valence-corrected chi connectivity index (χ3v) is 3.02. The van der Waals surface area contributed by atoms with Crippen LogP contribution in [0.15, 0.2) is 24.3 Å². The molecule has 0 aliphatic carbocycles. The van der Waals surface area contributed by atoms with Gasteiger partial charge < -0.3 is 5.32 Å². The average Bonchev–Trinajstić information content (AvgIpc) is 2.24. The van der Waals surface area contributed by atoms with Gasteiger partial charge in [0.15, 0.2) is 0 Å². The topological polar surface area (TPSA) is 12.0 Å². The van der Waals surface area contributed by atoms with E-state index in [0.29, 0.717) is 0 Å². The molecule has 0 aliphatic rings. The number of halogens is 1. The molecule has 0 amide bonds. The molecule has 1 rings (SSSR count). The molecule has 1 aromatic carbocycles. The van der Waals surface area contributed by atoms with Gasteiger partial charge in [0, 0.05) is 6.04 Å². The fraction of sp³-hybridized carbons (Fsp3) is 0.500. The largest absolute Gasteiger partial charge is 0.310 e. The van der Waals surface area contributed by atoms with Crippen LogP contribution in [0.2, 0.25) is 0 Å². The zero-order chi connectivity index (χ0) is 11.1. The minimum Gasteiger partial charge on any atom is -0.310 e. The normalized spacial score (nSPS) is 12.7. The molecule has 0 fully saturated rings. The Morgan fingerprint density at radius 1 is 1.47 bits per heavy atom. The number of thioether (sulfide) groups is 1. The molecule has 0 radical (unpaired) electrons. The number of benzene rings is 1. The fourth-order valence-corrected chi connectivity index (χ4v) is 1.86. The summed E-state index contributed by atoms with van der Waals surface area (Å²) >= 11 is 1.85. The number of hydrogen-bond acceptors (Lipinski definition) is 2. The Kier molecular flexibility index (Phi) is 5.73. The van der Waals surface area contributed by atoms with Crippen molar-refractivity contribution in [2.75, 3.05) is 18.6 Å². The van der Waals surface area contributed by atoms with Crippen LogP contribution in [0, 0.1) is 5.82 Å². The Labute approximate surface area is 95.5 Å². The molecule has 3 heteroatoms. The van der Waals surface area contributed by atoms with Crippen LogP contribution in [0.3, 0.4) is 0 Å². The second-order valence-corrected chi connectivity index (χ2v) is 4.56. The first-order chi connectivity index (χ1) is 7.24. The van der Waals surface area contributed by atoms with E-state index < -0.39 is 0 Å². The molecule has 0 unspecified atom stereocenters. The van der Waals surface area contributed by atoms with Crippen LogP contribution in [0.5, 0.6) is 0 Å². The summed E-state index contributed by atoms with van der Waals surface area (Å²) in [5.41, 5.74) is 1.01. The number of hydrogen-bond donors (Lipinski definition) is 1. The Morgan fingerprint density at radius 3 is 2.93 bits per heavy atom. The predicted molar refractivity (Wildman–Crippen MR) is 65.8 cm³/mol. The van der Waals surface area contributed by atoms with Gasteiger partial charge in [0.2, 0.25) is 0 Å². The van der Waals surface area contributed by atoms with Crippen molar-refractivity contribution in [3.8, 4) is 0 Å². The lowest BCUT2D eigenvalue weighted by Gasteiger charge is -2.13. The van der Waals surface area contributed by atoms with E-state index in [1.807, 2.05) is 17.8 Å². The molecule has 0 bridgehead atoms. The van der Waals surface area contributed by atoms with Gasteiger partial charge >= 0.3 is 0 Å². The first kappa shape index (κ1) is 12.5. The molecule has 84 valence electrons. The highest BCUT2D eigenvalue weighted by molar-refractivity contribution is 7.98. The number of nitrogens with one attached hydrogen (secondary N) is 1. The summed E-state index contributed by atoms with van der Waals surface area (Å²) in [7, 11) is 0. The van der Waals surface area contributed by atoms with Gasteiger partial charge in [0.1, 0.15) is 5.82 Å². The van der Waals surface area contributed by atoms with E-state index >= 15 is 0 Å².